The first-order valence-corrected chi connectivity index (χ1v) is 17.1. The predicted octanol–water partition coefficient (Wildman–Crippen LogP) is 3.94. The van der Waals surface area contributed by atoms with Gasteiger partial charge in [-0.15, -0.1) is 0 Å². The highest BCUT2D eigenvalue weighted by molar-refractivity contribution is 6.76. The van der Waals surface area contributed by atoms with Crippen LogP contribution in [0.5, 0.6) is 0 Å². The summed E-state index contributed by atoms with van der Waals surface area (Å²) in [6.45, 7) is 8.57. The molecule has 1 aliphatic carbocycles. The lowest BCUT2D eigenvalue weighted by atomic mass is 9.76. The van der Waals surface area contributed by atoms with Crippen molar-refractivity contribution in [3.05, 3.63) is 17.8 Å². The van der Waals surface area contributed by atoms with Crippen molar-refractivity contribution in [3.63, 3.8) is 0 Å². The van der Waals surface area contributed by atoms with Gasteiger partial charge in [-0.3, -0.25) is 14.5 Å². The molecule has 3 N–H and O–H groups in total. The Morgan fingerprint density at radius 2 is 1.95 bits per heavy atom. The summed E-state index contributed by atoms with van der Waals surface area (Å²) in [5.74, 6) is -0.204. The molecule has 1 aromatic heterocycles. The number of hydrogen-bond acceptors (Lipinski definition) is 6. The third-order valence-electron chi connectivity index (χ3n) is 7.84. The maximum atomic E-state index is 13.7. The lowest BCUT2D eigenvalue weighted by Crippen LogP contribution is -2.48. The van der Waals surface area contributed by atoms with E-state index in [2.05, 4.69) is 35.3 Å². The van der Waals surface area contributed by atoms with Crippen LogP contribution >= 0.6 is 0 Å². The van der Waals surface area contributed by atoms with Crippen LogP contribution < -0.4 is 15.5 Å². The van der Waals surface area contributed by atoms with Crippen molar-refractivity contribution in [2.45, 2.75) is 82.1 Å². The first-order chi connectivity index (χ1) is 17.6. The Morgan fingerprint density at radius 1 is 1.24 bits per heavy atom. The summed E-state index contributed by atoms with van der Waals surface area (Å²) in [5, 5.41) is 14.6. The van der Waals surface area contributed by atoms with Gasteiger partial charge in [0.25, 0.3) is 0 Å². The quantitative estimate of drug-likeness (QED) is 0.324. The SMILES string of the molecule is C[Si](C)(C)CCOCN1C(=O)C2(CCOCC2)c2cnc(NC(=O)[C@@H](NC(=O)O)C3CCCCC3)cc21. The predicted molar refractivity (Wildman–Crippen MR) is 143 cm³/mol. The normalized spacial score (nSPS) is 20.5. The first-order valence-electron chi connectivity index (χ1n) is 13.4. The van der Waals surface area contributed by atoms with E-state index in [0.29, 0.717) is 44.2 Å². The van der Waals surface area contributed by atoms with Crippen LogP contribution in [-0.2, 0) is 24.5 Å². The minimum atomic E-state index is -1.28. The van der Waals surface area contributed by atoms with E-state index < -0.39 is 31.5 Å². The fourth-order valence-corrected chi connectivity index (χ4v) is 6.41. The average molecular weight is 533 g/mol. The van der Waals surface area contributed by atoms with Crippen molar-refractivity contribution in [1.82, 2.24) is 10.3 Å². The number of rotatable bonds is 9. The van der Waals surface area contributed by atoms with E-state index in [1.165, 1.54) is 0 Å². The zero-order valence-corrected chi connectivity index (χ0v) is 23.2. The van der Waals surface area contributed by atoms with Gasteiger partial charge in [-0.2, -0.15) is 0 Å². The number of hydrogen-bond donors (Lipinski definition) is 3. The molecular formula is C26H40N4O6Si. The van der Waals surface area contributed by atoms with Crippen LogP contribution in [0.2, 0.25) is 25.7 Å². The molecule has 1 aromatic rings. The van der Waals surface area contributed by atoms with E-state index in [1.807, 2.05) is 0 Å². The van der Waals surface area contributed by atoms with Crippen LogP contribution in [0, 0.1) is 5.92 Å². The largest absolute Gasteiger partial charge is 0.465 e. The van der Waals surface area contributed by atoms with Crippen molar-refractivity contribution in [2.24, 2.45) is 5.92 Å². The Bertz CT molecular complexity index is 1000. The third-order valence-corrected chi connectivity index (χ3v) is 9.54. The maximum Gasteiger partial charge on any atom is 0.405 e. The number of pyridine rings is 1. The van der Waals surface area contributed by atoms with E-state index in [4.69, 9.17) is 9.47 Å². The monoisotopic (exact) mass is 532 g/mol. The Kier molecular flexibility index (Phi) is 8.55. The second-order valence-electron chi connectivity index (χ2n) is 11.7. The molecule has 37 heavy (non-hydrogen) atoms. The van der Waals surface area contributed by atoms with Crippen molar-refractivity contribution >= 4 is 37.5 Å². The van der Waals surface area contributed by atoms with Gasteiger partial charge in [0, 0.05) is 45.7 Å². The minimum absolute atomic E-state index is 0.0169. The summed E-state index contributed by atoms with van der Waals surface area (Å²) < 4.78 is 11.5. The van der Waals surface area contributed by atoms with E-state index in [1.54, 1.807) is 17.2 Å². The number of carbonyl (C=O) groups excluding carboxylic acids is 2. The molecule has 0 radical (unpaired) electrons. The van der Waals surface area contributed by atoms with Gasteiger partial charge in [0.2, 0.25) is 11.8 Å². The number of amides is 3. The zero-order valence-electron chi connectivity index (χ0n) is 22.2. The summed E-state index contributed by atoms with van der Waals surface area (Å²) in [5.41, 5.74) is 0.825. The molecule has 0 aromatic carbocycles. The van der Waals surface area contributed by atoms with Crippen LogP contribution in [0.3, 0.4) is 0 Å². The highest BCUT2D eigenvalue weighted by Gasteiger charge is 2.52. The van der Waals surface area contributed by atoms with E-state index >= 15 is 0 Å². The van der Waals surface area contributed by atoms with Crippen LogP contribution in [-0.4, -0.2) is 68.7 Å². The Labute approximate surface area is 219 Å². The minimum Gasteiger partial charge on any atom is -0.465 e. The molecule has 2 fully saturated rings. The van der Waals surface area contributed by atoms with Gasteiger partial charge in [-0.1, -0.05) is 38.9 Å². The average Bonchev–Trinajstić information content (AvgIpc) is 3.07. The van der Waals surface area contributed by atoms with Crippen molar-refractivity contribution in [3.8, 4) is 0 Å². The number of aromatic nitrogens is 1. The standard InChI is InChI=1S/C26H40N4O6Si/c1-37(2,3)14-13-36-17-30-20-15-21(27-16-19(20)26(24(30)32)9-11-35-12-10-26)28-23(31)22(29-25(33)34)18-7-5-4-6-8-18/h15-16,18,22,29H,4-14,17H2,1-3H3,(H,33,34)(H,27,28,31)/t22-/m0/s1. The Hall–Kier alpha value is -2.50. The second kappa shape index (κ2) is 11.5. The second-order valence-corrected chi connectivity index (χ2v) is 17.3. The summed E-state index contributed by atoms with van der Waals surface area (Å²) >= 11 is 0. The van der Waals surface area contributed by atoms with Crippen molar-refractivity contribution < 1.29 is 29.0 Å². The van der Waals surface area contributed by atoms with Crippen LogP contribution in [0.25, 0.3) is 0 Å². The van der Waals surface area contributed by atoms with Crippen LogP contribution in [0.1, 0.15) is 50.5 Å². The smallest absolute Gasteiger partial charge is 0.405 e. The highest BCUT2D eigenvalue weighted by atomic mass is 28.3. The van der Waals surface area contributed by atoms with Crippen LogP contribution in [0.15, 0.2) is 12.3 Å². The number of carboxylic acid groups (broad SMARTS) is 1. The number of nitrogens with zero attached hydrogens (tertiary/aromatic N) is 2. The molecule has 204 valence electrons. The third kappa shape index (κ3) is 6.32. The fraction of sp³-hybridized carbons (Fsp3) is 0.692. The van der Waals surface area contributed by atoms with Gasteiger partial charge >= 0.3 is 6.09 Å². The zero-order chi connectivity index (χ0) is 26.6. The molecule has 1 saturated carbocycles. The first kappa shape index (κ1) is 27.5. The fourth-order valence-electron chi connectivity index (χ4n) is 5.66. The molecule has 4 rings (SSSR count). The molecule has 3 heterocycles. The lowest BCUT2D eigenvalue weighted by Gasteiger charge is -2.32. The Morgan fingerprint density at radius 3 is 2.59 bits per heavy atom. The molecule has 0 unspecified atom stereocenters. The van der Waals surface area contributed by atoms with Crippen molar-refractivity contribution in [1.29, 1.82) is 0 Å². The topological polar surface area (TPSA) is 130 Å². The summed E-state index contributed by atoms with van der Waals surface area (Å²) in [6.07, 6.45) is 6.27. The lowest BCUT2D eigenvalue weighted by molar-refractivity contribution is -0.127. The number of nitrogens with one attached hydrogen (secondary N) is 2. The molecule has 10 nitrogen and oxygen atoms in total. The van der Waals surface area contributed by atoms with Gasteiger partial charge in [-0.05, 0) is 37.6 Å². The summed E-state index contributed by atoms with van der Waals surface area (Å²) in [7, 11) is -1.28. The highest BCUT2D eigenvalue weighted by Crippen LogP contribution is 2.48. The Balaban J connectivity index is 1.55. The molecule has 1 saturated heterocycles. The molecule has 3 amide bonds. The van der Waals surface area contributed by atoms with Gasteiger partial charge in [0.05, 0.1) is 11.1 Å². The molecule has 0 bridgehead atoms. The maximum absolute atomic E-state index is 13.7. The van der Waals surface area contributed by atoms with Crippen LogP contribution in [0.4, 0.5) is 16.3 Å². The summed E-state index contributed by atoms with van der Waals surface area (Å²) in [6, 6.07) is 1.87. The number of fused-ring (bicyclic) bond motifs is 2. The number of anilines is 2. The van der Waals surface area contributed by atoms with E-state index in [-0.39, 0.29) is 18.6 Å². The molecule has 1 atom stereocenters. The molecule has 1 spiro atoms. The molecule has 2 aliphatic heterocycles. The van der Waals surface area contributed by atoms with E-state index in [0.717, 1.165) is 43.7 Å². The van der Waals surface area contributed by atoms with Gasteiger partial charge in [-0.25, -0.2) is 9.78 Å². The molecule has 3 aliphatic rings. The van der Waals surface area contributed by atoms with Crippen molar-refractivity contribution in [2.75, 3.05) is 36.8 Å². The van der Waals surface area contributed by atoms with Gasteiger partial charge in [0.1, 0.15) is 18.6 Å². The van der Waals surface area contributed by atoms with Gasteiger partial charge < -0.3 is 25.2 Å². The summed E-state index contributed by atoms with van der Waals surface area (Å²) in [4.78, 5) is 44.5. The van der Waals surface area contributed by atoms with Gasteiger partial charge in [0.15, 0.2) is 0 Å². The number of carbonyl (C=O) groups is 3. The molecular weight excluding hydrogens is 492 g/mol. The van der Waals surface area contributed by atoms with E-state index in [9.17, 15) is 19.5 Å². The number of ether oxygens (including phenoxy) is 2. The molecule has 11 heteroatoms.